The third-order valence-corrected chi connectivity index (χ3v) is 7.18. The number of halogens is 1. The van der Waals surface area contributed by atoms with Crippen LogP contribution in [0.3, 0.4) is 0 Å². The Morgan fingerprint density at radius 3 is 2.79 bits per heavy atom. The van der Waals surface area contributed by atoms with Crippen LogP contribution in [-0.2, 0) is 11.2 Å². The zero-order valence-electron chi connectivity index (χ0n) is 17.2. The molecule has 0 aromatic carbocycles. The van der Waals surface area contributed by atoms with Gasteiger partial charge in [-0.1, -0.05) is 12.2 Å². The molecule has 1 aromatic heterocycles. The van der Waals surface area contributed by atoms with Crippen LogP contribution in [0, 0.1) is 11.8 Å². The summed E-state index contributed by atoms with van der Waals surface area (Å²) < 4.78 is 4.74. The van der Waals surface area contributed by atoms with Crippen LogP contribution < -0.4 is 0 Å². The summed E-state index contributed by atoms with van der Waals surface area (Å²) in [6.45, 7) is 1.74. The molecule has 0 saturated heterocycles. The Morgan fingerprint density at radius 1 is 1.34 bits per heavy atom. The van der Waals surface area contributed by atoms with Gasteiger partial charge in [0, 0.05) is 16.2 Å². The molecule has 7 heteroatoms. The average Bonchev–Trinajstić information content (AvgIpc) is 3.24. The summed E-state index contributed by atoms with van der Waals surface area (Å²) in [6.07, 6.45) is 7.51. The highest BCUT2D eigenvalue weighted by molar-refractivity contribution is 7.13. The molecule has 0 aliphatic heterocycles. The Morgan fingerprint density at radius 2 is 2.10 bits per heavy atom. The van der Waals surface area contributed by atoms with Crippen LogP contribution in [0.4, 0.5) is 0 Å². The lowest BCUT2D eigenvalue weighted by atomic mass is 9.89. The van der Waals surface area contributed by atoms with E-state index in [1.807, 2.05) is 12.1 Å². The molecule has 1 heterocycles. The average molecular weight is 445 g/mol. The summed E-state index contributed by atoms with van der Waals surface area (Å²) in [5, 5.41) is 29.8. The second kappa shape index (κ2) is 12.1. The normalized spacial score (nSPS) is 26.7. The van der Waals surface area contributed by atoms with Gasteiger partial charge in [0.2, 0.25) is 0 Å². The van der Waals surface area contributed by atoms with E-state index in [1.165, 1.54) is 18.4 Å². The zero-order chi connectivity index (χ0) is 21.4. The van der Waals surface area contributed by atoms with Gasteiger partial charge in [0.25, 0.3) is 0 Å². The van der Waals surface area contributed by atoms with Crippen molar-refractivity contribution >= 4 is 28.9 Å². The summed E-state index contributed by atoms with van der Waals surface area (Å²) in [7, 11) is 1.38. The lowest BCUT2D eigenvalue weighted by Crippen LogP contribution is -2.19. The van der Waals surface area contributed by atoms with Gasteiger partial charge in [-0.2, -0.15) is 0 Å². The molecule has 5 nitrogen and oxygen atoms in total. The predicted octanol–water partition coefficient (Wildman–Crippen LogP) is 3.93. The third kappa shape index (κ3) is 7.68. The molecule has 1 aliphatic rings. The number of rotatable bonds is 11. The fraction of sp³-hybridized carbons (Fsp3) is 0.682. The van der Waals surface area contributed by atoms with E-state index in [0.29, 0.717) is 24.1 Å². The van der Waals surface area contributed by atoms with E-state index in [4.69, 9.17) is 16.3 Å². The van der Waals surface area contributed by atoms with Gasteiger partial charge in [0.15, 0.2) is 0 Å². The van der Waals surface area contributed by atoms with Gasteiger partial charge in [-0.05, 0) is 69.9 Å². The molecule has 0 bridgehead atoms. The van der Waals surface area contributed by atoms with Crippen molar-refractivity contribution in [2.75, 3.05) is 7.11 Å². The largest absolute Gasteiger partial charge is 0.465 e. The van der Waals surface area contributed by atoms with Gasteiger partial charge in [0.05, 0.1) is 25.4 Å². The number of esters is 1. The first-order valence-corrected chi connectivity index (χ1v) is 11.6. The van der Waals surface area contributed by atoms with Crippen LogP contribution in [0.15, 0.2) is 24.3 Å². The lowest BCUT2D eigenvalue weighted by Gasteiger charge is -2.21. The number of aliphatic hydroxyl groups is 3. The van der Waals surface area contributed by atoms with Crippen LogP contribution in [0.2, 0.25) is 0 Å². The number of carbonyl (C=O) groups is 1. The van der Waals surface area contributed by atoms with E-state index < -0.39 is 12.2 Å². The van der Waals surface area contributed by atoms with Crippen molar-refractivity contribution in [3.05, 3.63) is 34.0 Å². The molecular weight excluding hydrogens is 412 g/mol. The number of hydrogen-bond acceptors (Lipinski definition) is 6. The SMILES string of the molecule is COC(=O)c1ccc(CCC[C@@H]2[C@@H](C=C[C@@H](O)CCC[C@H](C)O)[C@H](O)C[C@H]2Cl)s1. The maximum Gasteiger partial charge on any atom is 0.348 e. The first-order chi connectivity index (χ1) is 13.8. The molecule has 164 valence electrons. The second-order valence-corrected chi connectivity index (χ2v) is 9.67. The van der Waals surface area contributed by atoms with Crippen molar-refractivity contribution in [3.63, 3.8) is 0 Å². The lowest BCUT2D eigenvalue weighted by molar-refractivity contribution is 0.0606. The Balaban J connectivity index is 1.84. The monoisotopic (exact) mass is 444 g/mol. The van der Waals surface area contributed by atoms with Crippen LogP contribution in [0.5, 0.6) is 0 Å². The molecule has 1 fully saturated rings. The zero-order valence-corrected chi connectivity index (χ0v) is 18.7. The van der Waals surface area contributed by atoms with Gasteiger partial charge < -0.3 is 20.1 Å². The van der Waals surface area contributed by atoms with Crippen molar-refractivity contribution in [2.45, 2.75) is 75.6 Å². The molecule has 0 radical (unpaired) electrons. The molecule has 0 spiro atoms. The smallest absolute Gasteiger partial charge is 0.348 e. The highest BCUT2D eigenvalue weighted by Crippen LogP contribution is 2.40. The van der Waals surface area contributed by atoms with E-state index in [0.717, 1.165) is 30.6 Å². The third-order valence-electron chi connectivity index (χ3n) is 5.56. The number of aryl methyl sites for hydroxylation is 1. The van der Waals surface area contributed by atoms with Crippen molar-refractivity contribution in [3.8, 4) is 0 Å². The van der Waals surface area contributed by atoms with Crippen LogP contribution >= 0.6 is 22.9 Å². The highest BCUT2D eigenvalue weighted by atomic mass is 35.5. The fourth-order valence-electron chi connectivity index (χ4n) is 3.94. The first kappa shape index (κ1) is 24.4. The van der Waals surface area contributed by atoms with Crippen molar-refractivity contribution in [1.82, 2.24) is 0 Å². The molecular formula is C22H33ClO5S. The molecule has 1 saturated carbocycles. The number of ether oxygens (including phenoxy) is 1. The number of thiophene rings is 1. The van der Waals surface area contributed by atoms with Gasteiger partial charge in [0.1, 0.15) is 4.88 Å². The minimum Gasteiger partial charge on any atom is -0.465 e. The topological polar surface area (TPSA) is 87.0 Å². The molecule has 2 rings (SSSR count). The van der Waals surface area contributed by atoms with Crippen LogP contribution in [0.1, 0.15) is 60.0 Å². The summed E-state index contributed by atoms with van der Waals surface area (Å²) in [5.41, 5.74) is 0. The number of carbonyl (C=O) groups excluding carboxylic acids is 1. The highest BCUT2D eigenvalue weighted by Gasteiger charge is 2.39. The number of aliphatic hydroxyl groups excluding tert-OH is 3. The molecule has 3 N–H and O–H groups in total. The molecule has 29 heavy (non-hydrogen) atoms. The van der Waals surface area contributed by atoms with E-state index in [1.54, 1.807) is 19.1 Å². The Hall–Kier alpha value is -0.920. The molecule has 1 aromatic rings. The van der Waals surface area contributed by atoms with Gasteiger partial charge in [-0.3, -0.25) is 0 Å². The number of alkyl halides is 1. The quantitative estimate of drug-likeness (QED) is 0.273. The Bertz CT molecular complexity index is 659. The fourth-order valence-corrected chi connectivity index (χ4v) is 5.39. The number of hydrogen-bond donors (Lipinski definition) is 3. The number of methoxy groups -OCH3 is 1. The molecule has 0 unspecified atom stereocenters. The standard InChI is InChI=1S/C22H33ClO5S/c1-14(24)5-3-6-15(25)9-11-18-17(19(23)13-20(18)26)8-4-7-16-10-12-21(29-16)22(27)28-2/h9-12,14-15,17-20,24-26H,3-8,13H2,1-2H3/t14-,15-,17+,18+,19+,20+/m0/s1. The summed E-state index contributed by atoms with van der Waals surface area (Å²) in [4.78, 5) is 13.3. The van der Waals surface area contributed by atoms with Crippen molar-refractivity contribution in [2.24, 2.45) is 11.8 Å². The van der Waals surface area contributed by atoms with Gasteiger partial charge in [-0.15, -0.1) is 22.9 Å². The minimum absolute atomic E-state index is 0.0575. The molecule has 0 amide bonds. The summed E-state index contributed by atoms with van der Waals surface area (Å²) in [5.74, 6) is -0.205. The van der Waals surface area contributed by atoms with Gasteiger partial charge in [-0.25, -0.2) is 4.79 Å². The first-order valence-electron chi connectivity index (χ1n) is 10.4. The Labute approximate surface area is 182 Å². The van der Waals surface area contributed by atoms with Crippen molar-refractivity contribution in [1.29, 1.82) is 0 Å². The summed E-state index contributed by atoms with van der Waals surface area (Å²) in [6, 6.07) is 3.75. The molecule has 1 aliphatic carbocycles. The van der Waals surface area contributed by atoms with Crippen molar-refractivity contribution < 1.29 is 24.9 Å². The van der Waals surface area contributed by atoms with E-state index in [9.17, 15) is 20.1 Å². The van der Waals surface area contributed by atoms with Crippen LogP contribution in [0.25, 0.3) is 0 Å². The van der Waals surface area contributed by atoms with Gasteiger partial charge >= 0.3 is 5.97 Å². The van der Waals surface area contributed by atoms with E-state index >= 15 is 0 Å². The maximum absolute atomic E-state index is 11.6. The summed E-state index contributed by atoms with van der Waals surface area (Å²) >= 11 is 7.96. The molecule has 6 atom stereocenters. The van der Waals surface area contributed by atoms with Crippen LogP contribution in [-0.4, -0.2) is 52.1 Å². The minimum atomic E-state index is -0.571. The second-order valence-electron chi connectivity index (χ2n) is 7.94. The van der Waals surface area contributed by atoms with E-state index in [-0.39, 0.29) is 29.3 Å². The predicted molar refractivity (Wildman–Crippen MR) is 117 cm³/mol. The Kier molecular flexibility index (Phi) is 10.1. The maximum atomic E-state index is 11.6. The van der Waals surface area contributed by atoms with E-state index in [2.05, 4.69) is 0 Å².